The maximum atomic E-state index is 12.1. The highest BCUT2D eigenvalue weighted by molar-refractivity contribution is 7.14. The first-order chi connectivity index (χ1) is 7.81. The number of aldehydes is 1. The lowest BCUT2D eigenvalue weighted by Crippen LogP contribution is -2.35. The fourth-order valence-corrected chi connectivity index (χ4v) is 2.86. The van der Waals surface area contributed by atoms with Gasteiger partial charge in [0.25, 0.3) is 5.91 Å². The van der Waals surface area contributed by atoms with Crippen molar-refractivity contribution in [2.75, 3.05) is 13.1 Å². The van der Waals surface area contributed by atoms with Crippen LogP contribution in [0.25, 0.3) is 0 Å². The zero-order chi connectivity index (χ0) is 11.4. The molecule has 0 bridgehead atoms. The topological polar surface area (TPSA) is 37.4 Å². The van der Waals surface area contributed by atoms with Crippen LogP contribution in [0.1, 0.15) is 33.8 Å². The van der Waals surface area contributed by atoms with Gasteiger partial charge >= 0.3 is 0 Å². The second-order valence-electron chi connectivity index (χ2n) is 3.99. The maximum absolute atomic E-state index is 12.1. The lowest BCUT2D eigenvalue weighted by molar-refractivity contribution is -0.107. The second-order valence-corrected chi connectivity index (χ2v) is 5.16. The van der Waals surface area contributed by atoms with Crippen molar-refractivity contribution in [1.82, 2.24) is 4.90 Å². The van der Waals surface area contributed by atoms with Gasteiger partial charge in [-0.05, 0) is 31.4 Å². The van der Waals surface area contributed by atoms with Crippen LogP contribution < -0.4 is 0 Å². The van der Waals surface area contributed by atoms with Gasteiger partial charge in [-0.3, -0.25) is 4.79 Å². The summed E-state index contributed by atoms with van der Waals surface area (Å²) in [5.74, 6) is 0.127. The first-order valence-corrected chi connectivity index (χ1v) is 6.44. The SMILES string of the molecule is O=CCc1ccc(C(=O)N2CCCCC2)s1. The first-order valence-electron chi connectivity index (χ1n) is 5.63. The minimum Gasteiger partial charge on any atom is -0.338 e. The first kappa shape index (κ1) is 11.3. The zero-order valence-corrected chi connectivity index (χ0v) is 9.96. The van der Waals surface area contributed by atoms with Crippen LogP contribution in [0.5, 0.6) is 0 Å². The molecule has 16 heavy (non-hydrogen) atoms. The third-order valence-electron chi connectivity index (χ3n) is 2.80. The summed E-state index contributed by atoms with van der Waals surface area (Å²) < 4.78 is 0. The smallest absolute Gasteiger partial charge is 0.263 e. The van der Waals surface area contributed by atoms with E-state index in [0.29, 0.717) is 6.42 Å². The van der Waals surface area contributed by atoms with Gasteiger partial charge in [-0.1, -0.05) is 0 Å². The van der Waals surface area contributed by atoms with E-state index in [0.717, 1.165) is 42.0 Å². The summed E-state index contributed by atoms with van der Waals surface area (Å²) in [6.07, 6.45) is 4.74. The van der Waals surface area contributed by atoms with E-state index in [4.69, 9.17) is 0 Å². The Bertz CT molecular complexity index is 380. The van der Waals surface area contributed by atoms with Crippen LogP contribution in [0.4, 0.5) is 0 Å². The van der Waals surface area contributed by atoms with Gasteiger partial charge in [0, 0.05) is 24.4 Å². The number of hydrogen-bond donors (Lipinski definition) is 0. The Morgan fingerprint density at radius 1 is 1.31 bits per heavy atom. The van der Waals surface area contributed by atoms with Crippen molar-refractivity contribution in [2.24, 2.45) is 0 Å². The maximum Gasteiger partial charge on any atom is 0.263 e. The summed E-state index contributed by atoms with van der Waals surface area (Å²) in [5, 5.41) is 0. The van der Waals surface area contributed by atoms with E-state index >= 15 is 0 Å². The highest BCUT2D eigenvalue weighted by Crippen LogP contribution is 2.20. The standard InChI is InChI=1S/C12H15NO2S/c14-9-6-10-4-5-11(16-10)12(15)13-7-2-1-3-8-13/h4-5,9H,1-3,6-8H2. The van der Waals surface area contributed by atoms with Crippen LogP contribution in [0.3, 0.4) is 0 Å². The molecule has 3 nitrogen and oxygen atoms in total. The molecule has 1 aliphatic rings. The minimum atomic E-state index is 0.127. The van der Waals surface area contributed by atoms with Crippen molar-refractivity contribution in [3.63, 3.8) is 0 Å². The van der Waals surface area contributed by atoms with Crippen molar-refractivity contribution in [3.8, 4) is 0 Å². The van der Waals surface area contributed by atoms with Gasteiger partial charge < -0.3 is 9.69 Å². The van der Waals surface area contributed by atoms with Gasteiger partial charge in [-0.25, -0.2) is 0 Å². The van der Waals surface area contributed by atoms with Crippen LogP contribution in [0, 0.1) is 0 Å². The van der Waals surface area contributed by atoms with E-state index in [1.807, 2.05) is 17.0 Å². The summed E-state index contributed by atoms with van der Waals surface area (Å²) in [4.78, 5) is 26.1. The van der Waals surface area contributed by atoms with Gasteiger partial charge in [0.2, 0.25) is 0 Å². The molecular formula is C12H15NO2S. The molecule has 0 aliphatic carbocycles. The molecule has 0 atom stereocenters. The van der Waals surface area contributed by atoms with Crippen LogP contribution in [-0.2, 0) is 11.2 Å². The Morgan fingerprint density at radius 2 is 2.06 bits per heavy atom. The molecule has 1 saturated heterocycles. The Hall–Kier alpha value is -1.16. The van der Waals surface area contributed by atoms with Crippen LogP contribution in [0.15, 0.2) is 12.1 Å². The number of piperidine rings is 1. The molecule has 0 aromatic carbocycles. The molecule has 1 amide bonds. The fraction of sp³-hybridized carbons (Fsp3) is 0.500. The largest absolute Gasteiger partial charge is 0.338 e. The molecule has 0 saturated carbocycles. The average molecular weight is 237 g/mol. The molecule has 2 rings (SSSR count). The number of carbonyl (C=O) groups excluding carboxylic acids is 2. The molecule has 1 fully saturated rings. The van der Waals surface area contributed by atoms with Crippen molar-refractivity contribution in [1.29, 1.82) is 0 Å². The van der Waals surface area contributed by atoms with Crippen LogP contribution in [0.2, 0.25) is 0 Å². The molecule has 1 aliphatic heterocycles. The number of carbonyl (C=O) groups is 2. The van der Waals surface area contributed by atoms with Gasteiger partial charge in [-0.15, -0.1) is 11.3 Å². The van der Waals surface area contributed by atoms with Gasteiger partial charge in [0.05, 0.1) is 4.88 Å². The van der Waals surface area contributed by atoms with E-state index in [9.17, 15) is 9.59 Å². The molecule has 2 heterocycles. The number of amides is 1. The summed E-state index contributed by atoms with van der Waals surface area (Å²) in [6.45, 7) is 1.75. The molecule has 0 N–H and O–H groups in total. The minimum absolute atomic E-state index is 0.127. The summed E-state index contributed by atoms with van der Waals surface area (Å²) in [6, 6.07) is 3.71. The van der Waals surface area contributed by atoms with Crippen molar-refractivity contribution >= 4 is 23.5 Å². The highest BCUT2D eigenvalue weighted by Gasteiger charge is 2.19. The van der Waals surface area contributed by atoms with Crippen LogP contribution in [-0.4, -0.2) is 30.2 Å². The molecule has 1 aromatic rings. The molecule has 4 heteroatoms. The van der Waals surface area contributed by atoms with Crippen LogP contribution >= 0.6 is 11.3 Å². The van der Waals surface area contributed by atoms with Gasteiger partial charge in [0.1, 0.15) is 6.29 Å². The third kappa shape index (κ3) is 2.50. The van der Waals surface area contributed by atoms with Gasteiger partial charge in [0.15, 0.2) is 0 Å². The van der Waals surface area contributed by atoms with E-state index in [2.05, 4.69) is 0 Å². The summed E-state index contributed by atoms with van der Waals surface area (Å²) >= 11 is 1.44. The average Bonchev–Trinajstić information content (AvgIpc) is 2.78. The normalized spacial score (nSPS) is 16.1. The number of nitrogens with zero attached hydrogens (tertiary/aromatic N) is 1. The highest BCUT2D eigenvalue weighted by atomic mass is 32.1. The Morgan fingerprint density at radius 3 is 2.75 bits per heavy atom. The Kier molecular flexibility index (Phi) is 3.72. The van der Waals surface area contributed by atoms with Gasteiger partial charge in [-0.2, -0.15) is 0 Å². The van der Waals surface area contributed by atoms with Crippen molar-refractivity contribution in [2.45, 2.75) is 25.7 Å². The van der Waals surface area contributed by atoms with E-state index < -0.39 is 0 Å². The van der Waals surface area contributed by atoms with E-state index in [1.165, 1.54) is 17.8 Å². The van der Waals surface area contributed by atoms with E-state index in [1.54, 1.807) is 0 Å². The second kappa shape index (κ2) is 5.25. The summed E-state index contributed by atoms with van der Waals surface area (Å²) in [7, 11) is 0. The molecule has 0 spiro atoms. The Balaban J connectivity index is 2.04. The number of thiophene rings is 1. The van der Waals surface area contributed by atoms with Crippen molar-refractivity contribution < 1.29 is 9.59 Å². The Labute approximate surface area is 99.1 Å². The number of rotatable bonds is 3. The monoisotopic (exact) mass is 237 g/mol. The molecule has 0 unspecified atom stereocenters. The number of likely N-dealkylation sites (tertiary alicyclic amines) is 1. The third-order valence-corrected chi connectivity index (χ3v) is 3.90. The molecule has 0 radical (unpaired) electrons. The van der Waals surface area contributed by atoms with Crippen molar-refractivity contribution in [3.05, 3.63) is 21.9 Å². The zero-order valence-electron chi connectivity index (χ0n) is 9.15. The predicted octanol–water partition coefficient (Wildman–Crippen LogP) is 2.12. The number of hydrogen-bond acceptors (Lipinski definition) is 3. The lowest BCUT2D eigenvalue weighted by Gasteiger charge is -2.26. The molecular weight excluding hydrogens is 222 g/mol. The molecule has 1 aromatic heterocycles. The summed E-state index contributed by atoms with van der Waals surface area (Å²) in [5.41, 5.74) is 0. The lowest BCUT2D eigenvalue weighted by atomic mass is 10.1. The fourth-order valence-electron chi connectivity index (χ4n) is 1.94. The predicted molar refractivity (Wildman–Crippen MR) is 63.8 cm³/mol. The quantitative estimate of drug-likeness (QED) is 0.755. The molecule has 86 valence electrons. The van der Waals surface area contributed by atoms with E-state index in [-0.39, 0.29) is 5.91 Å².